The molecule has 0 amide bonds. The van der Waals surface area contributed by atoms with Gasteiger partial charge in [-0.05, 0) is 38.0 Å². The Labute approximate surface area is 149 Å². The van der Waals surface area contributed by atoms with Gasteiger partial charge in [0.25, 0.3) is 0 Å². The maximum Gasteiger partial charge on any atom is 0.416 e. The van der Waals surface area contributed by atoms with Crippen LogP contribution >= 0.6 is 0 Å². The molecular weight excluding hydrogens is 347 g/mol. The maximum absolute atomic E-state index is 12.8. The number of nitrogens with zero attached hydrogens (tertiary/aromatic N) is 3. The van der Waals surface area contributed by atoms with Gasteiger partial charge in [0.15, 0.2) is 11.8 Å². The van der Waals surface area contributed by atoms with Crippen molar-refractivity contribution in [2.24, 2.45) is 4.99 Å². The number of halogens is 3. The Morgan fingerprint density at radius 2 is 2.08 bits per heavy atom. The number of hydrogen-bond donors (Lipinski definition) is 2. The van der Waals surface area contributed by atoms with E-state index in [1.54, 1.807) is 13.0 Å². The molecule has 2 N–H and O–H groups in total. The summed E-state index contributed by atoms with van der Waals surface area (Å²) in [5.74, 6) is 1.73. The van der Waals surface area contributed by atoms with Crippen LogP contribution in [0.3, 0.4) is 0 Å². The highest BCUT2D eigenvalue weighted by Gasteiger charge is 2.30. The Bertz CT molecular complexity index is 727. The molecule has 6 nitrogen and oxygen atoms in total. The van der Waals surface area contributed by atoms with Gasteiger partial charge >= 0.3 is 6.18 Å². The third-order valence-electron chi connectivity index (χ3n) is 3.45. The first-order chi connectivity index (χ1) is 12.4. The molecule has 0 unspecified atom stereocenters. The molecule has 2 aromatic rings. The minimum absolute atomic E-state index is 0.155. The van der Waals surface area contributed by atoms with Crippen molar-refractivity contribution < 1.29 is 17.7 Å². The van der Waals surface area contributed by atoms with Crippen LogP contribution in [0.15, 0.2) is 33.8 Å². The van der Waals surface area contributed by atoms with Crippen molar-refractivity contribution in [3.63, 3.8) is 0 Å². The number of aromatic nitrogens is 2. The first kappa shape index (κ1) is 19.7. The Hall–Kier alpha value is -2.58. The molecule has 2 rings (SSSR count). The number of aryl methyl sites for hydroxylation is 2. The summed E-state index contributed by atoms with van der Waals surface area (Å²) in [6.07, 6.45) is -2.95. The standard InChI is InChI=1S/C17H22F3N5O/c1-3-21-16(22-9-5-8-15-24-12(2)25-26-15)23-11-13-6-4-7-14(10-13)17(18,19)20/h4,6-7,10H,3,5,8-9,11H2,1-2H3,(H2,21,22,23). The summed E-state index contributed by atoms with van der Waals surface area (Å²) < 4.78 is 43.3. The molecule has 0 atom stereocenters. The highest BCUT2D eigenvalue weighted by Crippen LogP contribution is 2.29. The molecule has 0 spiro atoms. The van der Waals surface area contributed by atoms with E-state index < -0.39 is 11.7 Å². The predicted molar refractivity (Wildman–Crippen MR) is 91.6 cm³/mol. The van der Waals surface area contributed by atoms with Crippen LogP contribution in [-0.2, 0) is 19.1 Å². The minimum atomic E-state index is -4.35. The van der Waals surface area contributed by atoms with Gasteiger partial charge < -0.3 is 15.2 Å². The van der Waals surface area contributed by atoms with Crippen molar-refractivity contribution >= 4 is 5.96 Å². The van der Waals surface area contributed by atoms with Crippen LogP contribution in [-0.4, -0.2) is 29.2 Å². The zero-order chi connectivity index (χ0) is 19.0. The highest BCUT2D eigenvalue weighted by atomic mass is 19.4. The predicted octanol–water partition coefficient (Wildman–Crippen LogP) is 3.08. The number of guanidine groups is 1. The average Bonchev–Trinajstić information content (AvgIpc) is 3.01. The van der Waals surface area contributed by atoms with Gasteiger partial charge in [-0.1, -0.05) is 17.3 Å². The van der Waals surface area contributed by atoms with Crippen LogP contribution in [0.25, 0.3) is 0 Å². The third kappa shape index (κ3) is 6.38. The van der Waals surface area contributed by atoms with E-state index in [0.29, 0.717) is 42.7 Å². The van der Waals surface area contributed by atoms with E-state index in [-0.39, 0.29) is 6.54 Å². The van der Waals surface area contributed by atoms with E-state index in [0.717, 1.165) is 18.6 Å². The second-order valence-corrected chi connectivity index (χ2v) is 5.66. The van der Waals surface area contributed by atoms with Crippen LogP contribution in [0.4, 0.5) is 13.2 Å². The highest BCUT2D eigenvalue weighted by molar-refractivity contribution is 5.79. The summed E-state index contributed by atoms with van der Waals surface area (Å²) in [6, 6.07) is 5.18. The molecule has 1 heterocycles. The smallest absolute Gasteiger partial charge is 0.357 e. The fraction of sp³-hybridized carbons (Fsp3) is 0.471. The summed E-state index contributed by atoms with van der Waals surface area (Å²) in [4.78, 5) is 8.46. The van der Waals surface area contributed by atoms with Crippen molar-refractivity contribution in [3.05, 3.63) is 47.1 Å². The van der Waals surface area contributed by atoms with Crippen LogP contribution in [0.5, 0.6) is 0 Å². The van der Waals surface area contributed by atoms with Gasteiger partial charge in [-0.2, -0.15) is 18.2 Å². The van der Waals surface area contributed by atoms with Gasteiger partial charge in [-0.15, -0.1) is 0 Å². The molecule has 0 saturated carbocycles. The maximum atomic E-state index is 12.8. The molecule has 0 fully saturated rings. The first-order valence-corrected chi connectivity index (χ1v) is 8.36. The molecule has 1 aromatic heterocycles. The number of nitrogens with one attached hydrogen (secondary N) is 2. The first-order valence-electron chi connectivity index (χ1n) is 8.36. The molecule has 0 radical (unpaired) electrons. The summed E-state index contributed by atoms with van der Waals surface area (Å²) >= 11 is 0. The summed E-state index contributed by atoms with van der Waals surface area (Å²) in [6.45, 7) is 5.10. The largest absolute Gasteiger partial charge is 0.416 e. The number of alkyl halides is 3. The van der Waals surface area contributed by atoms with E-state index in [1.165, 1.54) is 6.07 Å². The zero-order valence-electron chi connectivity index (χ0n) is 14.7. The van der Waals surface area contributed by atoms with Crippen LogP contribution in [0.1, 0.15) is 36.2 Å². The van der Waals surface area contributed by atoms with Crippen LogP contribution in [0.2, 0.25) is 0 Å². The van der Waals surface area contributed by atoms with Crippen molar-refractivity contribution in [2.75, 3.05) is 13.1 Å². The monoisotopic (exact) mass is 369 g/mol. The van der Waals surface area contributed by atoms with E-state index in [1.807, 2.05) is 6.92 Å². The number of rotatable bonds is 7. The van der Waals surface area contributed by atoms with Crippen LogP contribution < -0.4 is 10.6 Å². The lowest BCUT2D eigenvalue weighted by atomic mass is 10.1. The lowest BCUT2D eigenvalue weighted by Crippen LogP contribution is -2.37. The summed E-state index contributed by atoms with van der Waals surface area (Å²) in [7, 11) is 0. The van der Waals surface area contributed by atoms with Gasteiger partial charge in [0, 0.05) is 19.5 Å². The normalized spacial score (nSPS) is 12.3. The zero-order valence-corrected chi connectivity index (χ0v) is 14.7. The Morgan fingerprint density at radius 3 is 2.73 bits per heavy atom. The quantitative estimate of drug-likeness (QED) is 0.446. The van der Waals surface area contributed by atoms with Crippen LogP contribution in [0, 0.1) is 6.92 Å². The molecule has 26 heavy (non-hydrogen) atoms. The fourth-order valence-electron chi connectivity index (χ4n) is 2.25. The molecule has 142 valence electrons. The van der Waals surface area contributed by atoms with E-state index in [2.05, 4.69) is 25.8 Å². The van der Waals surface area contributed by atoms with E-state index >= 15 is 0 Å². The fourth-order valence-corrected chi connectivity index (χ4v) is 2.25. The van der Waals surface area contributed by atoms with E-state index in [4.69, 9.17) is 4.52 Å². The number of aliphatic imine (C=N–C) groups is 1. The molecule has 9 heteroatoms. The average molecular weight is 369 g/mol. The molecule has 0 aliphatic heterocycles. The Balaban J connectivity index is 1.87. The van der Waals surface area contributed by atoms with Gasteiger partial charge in [0.1, 0.15) is 0 Å². The molecular formula is C17H22F3N5O. The third-order valence-corrected chi connectivity index (χ3v) is 3.45. The van der Waals surface area contributed by atoms with Gasteiger partial charge in [-0.25, -0.2) is 4.99 Å². The van der Waals surface area contributed by atoms with Gasteiger partial charge in [0.05, 0.1) is 12.1 Å². The molecule has 0 saturated heterocycles. The number of benzene rings is 1. The van der Waals surface area contributed by atoms with Gasteiger partial charge in [0.2, 0.25) is 5.89 Å². The van der Waals surface area contributed by atoms with Crippen molar-refractivity contribution in [2.45, 2.75) is 39.4 Å². The lowest BCUT2D eigenvalue weighted by Gasteiger charge is -2.11. The summed E-state index contributed by atoms with van der Waals surface area (Å²) in [5.41, 5.74) is -0.170. The molecule has 0 bridgehead atoms. The lowest BCUT2D eigenvalue weighted by molar-refractivity contribution is -0.137. The topological polar surface area (TPSA) is 75.3 Å². The number of hydrogen-bond acceptors (Lipinski definition) is 4. The van der Waals surface area contributed by atoms with E-state index in [9.17, 15) is 13.2 Å². The molecule has 1 aromatic carbocycles. The molecule has 0 aliphatic carbocycles. The SMILES string of the molecule is CCNC(=NCc1cccc(C(F)(F)F)c1)NCCCc1nc(C)no1. The van der Waals surface area contributed by atoms with Crippen molar-refractivity contribution in [1.29, 1.82) is 0 Å². The second-order valence-electron chi connectivity index (χ2n) is 5.66. The second kappa shape index (κ2) is 9.21. The Kier molecular flexibility index (Phi) is 6.99. The summed E-state index contributed by atoms with van der Waals surface area (Å²) in [5, 5.41) is 9.93. The van der Waals surface area contributed by atoms with Gasteiger partial charge in [-0.3, -0.25) is 0 Å². The molecule has 0 aliphatic rings. The Morgan fingerprint density at radius 1 is 1.27 bits per heavy atom. The van der Waals surface area contributed by atoms with Crippen molar-refractivity contribution in [1.82, 2.24) is 20.8 Å². The van der Waals surface area contributed by atoms with Crippen molar-refractivity contribution in [3.8, 4) is 0 Å². The minimum Gasteiger partial charge on any atom is -0.357 e.